The summed E-state index contributed by atoms with van der Waals surface area (Å²) in [5.74, 6) is -1.31. The van der Waals surface area contributed by atoms with Crippen molar-refractivity contribution in [3.8, 4) is 0 Å². The van der Waals surface area contributed by atoms with E-state index in [4.69, 9.17) is 0 Å². The van der Waals surface area contributed by atoms with E-state index in [-0.39, 0.29) is 11.9 Å². The first kappa shape index (κ1) is 13.6. The van der Waals surface area contributed by atoms with Gasteiger partial charge in [0.05, 0.1) is 11.8 Å². The average molecular weight is 265 g/mol. The minimum absolute atomic E-state index is 0.165. The fraction of sp³-hybridized carbons (Fsp3) is 0.615. The molecule has 1 heterocycles. The second-order valence-electron chi connectivity index (χ2n) is 5.38. The number of hydrogen-bond donors (Lipinski definition) is 2. The normalized spacial score (nSPS) is 17.1. The zero-order valence-corrected chi connectivity index (χ0v) is 11.4. The van der Waals surface area contributed by atoms with E-state index in [1.165, 1.54) is 6.20 Å². The Morgan fingerprint density at radius 2 is 2.11 bits per heavy atom. The number of carbonyl (C=O) groups excluding carboxylic acids is 1. The number of carboxylic acids is 1. The van der Waals surface area contributed by atoms with Crippen molar-refractivity contribution in [2.45, 2.75) is 51.6 Å². The molecule has 0 unspecified atom stereocenters. The lowest BCUT2D eigenvalue weighted by Crippen LogP contribution is -2.59. The minimum Gasteiger partial charge on any atom is -0.480 e. The molecule has 19 heavy (non-hydrogen) atoms. The van der Waals surface area contributed by atoms with Crippen molar-refractivity contribution in [1.29, 1.82) is 0 Å². The van der Waals surface area contributed by atoms with E-state index in [2.05, 4.69) is 10.4 Å². The fourth-order valence-corrected chi connectivity index (χ4v) is 2.37. The largest absolute Gasteiger partial charge is 0.480 e. The van der Waals surface area contributed by atoms with E-state index >= 15 is 0 Å². The SMILES string of the molecule is Cc1c(C(=O)NC2(C(=O)O)CCC2)cnn1C(C)C. The summed E-state index contributed by atoms with van der Waals surface area (Å²) in [5.41, 5.74) is 0.122. The fourth-order valence-electron chi connectivity index (χ4n) is 2.37. The Balaban J connectivity index is 2.19. The highest BCUT2D eigenvalue weighted by atomic mass is 16.4. The number of nitrogens with one attached hydrogen (secondary N) is 1. The second kappa shape index (κ2) is 4.68. The number of rotatable bonds is 4. The number of nitrogens with zero attached hydrogens (tertiary/aromatic N) is 2. The molecule has 0 radical (unpaired) electrons. The summed E-state index contributed by atoms with van der Waals surface area (Å²) >= 11 is 0. The van der Waals surface area contributed by atoms with Gasteiger partial charge in [0, 0.05) is 11.7 Å². The minimum atomic E-state index is -1.08. The van der Waals surface area contributed by atoms with Gasteiger partial charge in [0.2, 0.25) is 0 Å². The van der Waals surface area contributed by atoms with Crippen molar-refractivity contribution < 1.29 is 14.7 Å². The van der Waals surface area contributed by atoms with Crippen molar-refractivity contribution >= 4 is 11.9 Å². The molecular formula is C13H19N3O3. The second-order valence-corrected chi connectivity index (χ2v) is 5.38. The van der Waals surface area contributed by atoms with Gasteiger partial charge in [-0.3, -0.25) is 9.48 Å². The lowest BCUT2D eigenvalue weighted by atomic mass is 9.76. The quantitative estimate of drug-likeness (QED) is 0.864. The summed E-state index contributed by atoms with van der Waals surface area (Å²) in [5, 5.41) is 16.0. The van der Waals surface area contributed by atoms with Crippen LogP contribution >= 0.6 is 0 Å². The van der Waals surface area contributed by atoms with Crippen molar-refractivity contribution in [3.05, 3.63) is 17.5 Å². The molecule has 0 bridgehead atoms. The van der Waals surface area contributed by atoms with E-state index in [1.807, 2.05) is 20.8 Å². The van der Waals surface area contributed by atoms with Crippen LogP contribution in [0.2, 0.25) is 0 Å². The van der Waals surface area contributed by atoms with Gasteiger partial charge in [-0.05, 0) is 40.0 Å². The number of amides is 1. The first-order chi connectivity index (χ1) is 8.87. The van der Waals surface area contributed by atoms with Crippen molar-refractivity contribution in [1.82, 2.24) is 15.1 Å². The number of carboxylic acid groups (broad SMARTS) is 1. The van der Waals surface area contributed by atoms with Gasteiger partial charge in [-0.25, -0.2) is 4.79 Å². The highest BCUT2D eigenvalue weighted by Gasteiger charge is 2.46. The van der Waals surface area contributed by atoms with Crippen LogP contribution < -0.4 is 5.32 Å². The van der Waals surface area contributed by atoms with Crippen molar-refractivity contribution in [2.75, 3.05) is 0 Å². The van der Waals surface area contributed by atoms with Crippen molar-refractivity contribution in [2.24, 2.45) is 0 Å². The zero-order chi connectivity index (χ0) is 14.2. The van der Waals surface area contributed by atoms with Crippen LogP contribution in [0.25, 0.3) is 0 Å². The molecule has 0 atom stereocenters. The monoisotopic (exact) mass is 265 g/mol. The van der Waals surface area contributed by atoms with Crippen LogP contribution in [-0.2, 0) is 4.79 Å². The average Bonchev–Trinajstić information content (AvgIpc) is 2.64. The molecule has 0 aliphatic heterocycles. The van der Waals surface area contributed by atoms with E-state index in [1.54, 1.807) is 4.68 Å². The standard InChI is InChI=1S/C13H19N3O3/c1-8(2)16-9(3)10(7-14-16)11(17)15-13(12(18)19)5-4-6-13/h7-8H,4-6H2,1-3H3,(H,15,17)(H,18,19). The topological polar surface area (TPSA) is 84.2 Å². The molecule has 1 aliphatic carbocycles. The van der Waals surface area contributed by atoms with Crippen LogP contribution in [0.1, 0.15) is 55.2 Å². The first-order valence-electron chi connectivity index (χ1n) is 6.47. The molecule has 6 heteroatoms. The highest BCUT2D eigenvalue weighted by molar-refractivity contribution is 5.98. The highest BCUT2D eigenvalue weighted by Crippen LogP contribution is 2.32. The lowest BCUT2D eigenvalue weighted by Gasteiger charge is -2.38. The molecule has 104 valence electrons. The van der Waals surface area contributed by atoms with Crippen LogP contribution in [0, 0.1) is 6.92 Å². The summed E-state index contributed by atoms with van der Waals surface area (Å²) in [4.78, 5) is 23.4. The molecular weight excluding hydrogens is 246 g/mol. The van der Waals surface area contributed by atoms with E-state index in [0.717, 1.165) is 12.1 Å². The van der Waals surface area contributed by atoms with Crippen LogP contribution in [0.4, 0.5) is 0 Å². The Labute approximate surface area is 111 Å². The van der Waals surface area contributed by atoms with Gasteiger partial charge in [0.25, 0.3) is 5.91 Å². The van der Waals surface area contributed by atoms with Crippen molar-refractivity contribution in [3.63, 3.8) is 0 Å². The maximum Gasteiger partial charge on any atom is 0.329 e. The summed E-state index contributed by atoms with van der Waals surface area (Å²) in [6.45, 7) is 5.77. The van der Waals surface area contributed by atoms with Gasteiger partial charge in [-0.2, -0.15) is 5.10 Å². The zero-order valence-electron chi connectivity index (χ0n) is 11.4. The molecule has 1 aromatic heterocycles. The van der Waals surface area contributed by atoms with Gasteiger partial charge in [0.15, 0.2) is 0 Å². The maximum absolute atomic E-state index is 12.2. The van der Waals surface area contributed by atoms with Crippen LogP contribution in [-0.4, -0.2) is 32.3 Å². The molecule has 1 aliphatic rings. The Hall–Kier alpha value is -1.85. The number of aromatic nitrogens is 2. The molecule has 2 rings (SSSR count). The molecule has 6 nitrogen and oxygen atoms in total. The third-order valence-electron chi connectivity index (χ3n) is 3.75. The first-order valence-corrected chi connectivity index (χ1v) is 6.47. The Kier molecular flexibility index (Phi) is 3.34. The van der Waals surface area contributed by atoms with Crippen LogP contribution in [0.5, 0.6) is 0 Å². The van der Waals surface area contributed by atoms with E-state index < -0.39 is 11.5 Å². The molecule has 1 aromatic rings. The number of aliphatic carboxylic acids is 1. The third kappa shape index (κ3) is 2.22. The number of hydrogen-bond acceptors (Lipinski definition) is 3. The molecule has 0 spiro atoms. The summed E-state index contributed by atoms with van der Waals surface area (Å²) < 4.78 is 1.75. The van der Waals surface area contributed by atoms with Gasteiger partial charge >= 0.3 is 5.97 Å². The summed E-state index contributed by atoms with van der Waals surface area (Å²) in [7, 11) is 0. The molecule has 1 saturated carbocycles. The molecule has 1 amide bonds. The van der Waals surface area contributed by atoms with Gasteiger partial charge in [-0.1, -0.05) is 0 Å². The third-order valence-corrected chi connectivity index (χ3v) is 3.75. The van der Waals surface area contributed by atoms with Crippen LogP contribution in [0.15, 0.2) is 6.20 Å². The Morgan fingerprint density at radius 3 is 2.47 bits per heavy atom. The molecule has 0 aromatic carbocycles. The van der Waals surface area contributed by atoms with Crippen LogP contribution in [0.3, 0.4) is 0 Å². The molecule has 1 fully saturated rings. The Morgan fingerprint density at radius 1 is 1.47 bits per heavy atom. The number of carbonyl (C=O) groups is 2. The van der Waals surface area contributed by atoms with Gasteiger partial charge < -0.3 is 10.4 Å². The van der Waals surface area contributed by atoms with Gasteiger partial charge in [0.1, 0.15) is 5.54 Å². The van der Waals surface area contributed by atoms with E-state index in [0.29, 0.717) is 18.4 Å². The lowest BCUT2D eigenvalue weighted by molar-refractivity contribution is -0.148. The maximum atomic E-state index is 12.2. The molecule has 0 saturated heterocycles. The predicted octanol–water partition coefficient (Wildman–Crippen LogP) is 1.51. The predicted molar refractivity (Wildman–Crippen MR) is 69.0 cm³/mol. The van der Waals surface area contributed by atoms with Gasteiger partial charge in [-0.15, -0.1) is 0 Å². The molecule has 2 N–H and O–H groups in total. The smallest absolute Gasteiger partial charge is 0.329 e. The van der Waals surface area contributed by atoms with E-state index in [9.17, 15) is 14.7 Å². The summed E-state index contributed by atoms with van der Waals surface area (Å²) in [6, 6.07) is 0.165. The Bertz CT molecular complexity index is 515. The summed E-state index contributed by atoms with van der Waals surface area (Å²) in [6.07, 6.45) is 3.31.